The summed E-state index contributed by atoms with van der Waals surface area (Å²) in [5.74, 6) is -2.21. The second-order valence-corrected chi connectivity index (χ2v) is 3.17. The van der Waals surface area contributed by atoms with Gasteiger partial charge in [-0.3, -0.25) is 10.1 Å². The summed E-state index contributed by atoms with van der Waals surface area (Å²) in [6.07, 6.45) is 0. The standard InChI is InChI=1S/C9H7N3O5/c1-4-2-7(17-11-4)10-8(13)5-3-6(9(14)15)16-12-5/h2-3H,1H3,(H,10,13)(H,14,15). The molecule has 0 saturated carbocycles. The van der Waals surface area contributed by atoms with Gasteiger partial charge in [0.1, 0.15) is 0 Å². The lowest BCUT2D eigenvalue weighted by Gasteiger charge is -1.94. The van der Waals surface area contributed by atoms with E-state index in [1.807, 2.05) is 0 Å². The van der Waals surface area contributed by atoms with E-state index in [2.05, 4.69) is 20.2 Å². The molecule has 2 aromatic heterocycles. The lowest BCUT2D eigenvalue weighted by molar-refractivity contribution is 0.0651. The van der Waals surface area contributed by atoms with Gasteiger partial charge in [-0.15, -0.1) is 0 Å². The fourth-order valence-corrected chi connectivity index (χ4v) is 1.08. The molecule has 0 fully saturated rings. The average Bonchev–Trinajstić information content (AvgIpc) is 2.86. The molecule has 0 aliphatic rings. The first-order valence-electron chi connectivity index (χ1n) is 4.51. The predicted octanol–water partition coefficient (Wildman–Crippen LogP) is 0.922. The first kappa shape index (κ1) is 10.9. The molecule has 8 heteroatoms. The van der Waals surface area contributed by atoms with Crippen LogP contribution in [0.25, 0.3) is 0 Å². The Bertz CT molecular complexity index is 571. The number of amides is 1. The van der Waals surface area contributed by atoms with Crippen molar-refractivity contribution in [3.8, 4) is 0 Å². The van der Waals surface area contributed by atoms with Gasteiger partial charge in [0.2, 0.25) is 11.6 Å². The van der Waals surface area contributed by atoms with Gasteiger partial charge in [0.15, 0.2) is 5.69 Å². The summed E-state index contributed by atoms with van der Waals surface area (Å²) in [6, 6.07) is 2.52. The Kier molecular flexibility index (Phi) is 2.61. The van der Waals surface area contributed by atoms with Gasteiger partial charge in [-0.2, -0.15) is 0 Å². The molecule has 2 N–H and O–H groups in total. The first-order chi connectivity index (χ1) is 8.06. The van der Waals surface area contributed by atoms with Crippen LogP contribution in [0, 0.1) is 6.92 Å². The summed E-state index contributed by atoms with van der Waals surface area (Å²) in [5.41, 5.74) is 0.447. The number of hydrogen-bond acceptors (Lipinski definition) is 6. The van der Waals surface area contributed by atoms with Gasteiger partial charge < -0.3 is 14.2 Å². The summed E-state index contributed by atoms with van der Waals surface area (Å²) in [4.78, 5) is 22.0. The van der Waals surface area contributed by atoms with Crippen LogP contribution in [-0.2, 0) is 0 Å². The van der Waals surface area contributed by atoms with E-state index in [9.17, 15) is 9.59 Å². The van der Waals surface area contributed by atoms with Crippen LogP contribution in [-0.4, -0.2) is 27.3 Å². The normalized spacial score (nSPS) is 10.2. The van der Waals surface area contributed by atoms with Crippen LogP contribution in [0.15, 0.2) is 21.2 Å². The van der Waals surface area contributed by atoms with Crippen LogP contribution >= 0.6 is 0 Å². The minimum absolute atomic E-state index is 0.146. The van der Waals surface area contributed by atoms with Gasteiger partial charge in [-0.1, -0.05) is 10.3 Å². The maximum atomic E-state index is 11.5. The number of nitrogens with zero attached hydrogens (tertiary/aromatic N) is 2. The molecule has 0 unspecified atom stereocenters. The first-order valence-corrected chi connectivity index (χ1v) is 4.51. The van der Waals surface area contributed by atoms with Gasteiger partial charge >= 0.3 is 5.97 Å². The Balaban J connectivity index is 2.11. The maximum absolute atomic E-state index is 11.5. The van der Waals surface area contributed by atoms with Crippen molar-refractivity contribution in [1.82, 2.24) is 10.3 Å². The minimum atomic E-state index is -1.30. The third-order valence-electron chi connectivity index (χ3n) is 1.82. The van der Waals surface area contributed by atoms with E-state index < -0.39 is 17.6 Å². The number of hydrogen-bond donors (Lipinski definition) is 2. The van der Waals surface area contributed by atoms with E-state index in [0.29, 0.717) is 5.69 Å². The number of carboxylic acid groups (broad SMARTS) is 1. The summed E-state index contributed by atoms with van der Waals surface area (Å²) in [6.45, 7) is 1.69. The van der Waals surface area contributed by atoms with Gasteiger partial charge in [-0.05, 0) is 6.92 Å². The molecule has 2 rings (SSSR count). The highest BCUT2D eigenvalue weighted by Gasteiger charge is 2.17. The maximum Gasteiger partial charge on any atom is 0.374 e. The Morgan fingerprint density at radius 1 is 1.29 bits per heavy atom. The van der Waals surface area contributed by atoms with Gasteiger partial charge in [0.05, 0.1) is 5.69 Å². The van der Waals surface area contributed by atoms with Crippen molar-refractivity contribution in [3.63, 3.8) is 0 Å². The largest absolute Gasteiger partial charge is 0.475 e. The van der Waals surface area contributed by atoms with Crippen LogP contribution < -0.4 is 5.32 Å². The number of anilines is 1. The fraction of sp³-hybridized carbons (Fsp3) is 0.111. The summed E-state index contributed by atoms with van der Waals surface area (Å²) in [7, 11) is 0. The van der Waals surface area contributed by atoms with E-state index in [-0.39, 0.29) is 11.6 Å². The van der Waals surface area contributed by atoms with E-state index >= 15 is 0 Å². The van der Waals surface area contributed by atoms with Gasteiger partial charge in [-0.25, -0.2) is 4.79 Å². The number of nitrogens with one attached hydrogen (secondary N) is 1. The average molecular weight is 237 g/mol. The van der Waals surface area contributed by atoms with E-state index in [4.69, 9.17) is 9.63 Å². The van der Waals surface area contributed by atoms with Gasteiger partial charge in [0, 0.05) is 12.1 Å². The van der Waals surface area contributed by atoms with Crippen molar-refractivity contribution in [2.45, 2.75) is 6.92 Å². The van der Waals surface area contributed by atoms with Crippen LogP contribution in [0.5, 0.6) is 0 Å². The highest BCUT2D eigenvalue weighted by Crippen LogP contribution is 2.11. The fourth-order valence-electron chi connectivity index (χ4n) is 1.08. The molecule has 0 aromatic carbocycles. The quantitative estimate of drug-likeness (QED) is 0.814. The predicted molar refractivity (Wildman–Crippen MR) is 52.7 cm³/mol. The Hall–Kier alpha value is -2.64. The minimum Gasteiger partial charge on any atom is -0.475 e. The molecule has 0 aliphatic heterocycles. The van der Waals surface area contributed by atoms with Crippen LogP contribution in [0.4, 0.5) is 5.88 Å². The molecule has 1 amide bonds. The molecular formula is C9H7N3O5. The topological polar surface area (TPSA) is 118 Å². The Labute approximate surface area is 94.2 Å². The molecule has 88 valence electrons. The number of carbonyl (C=O) groups is 2. The number of carboxylic acids is 1. The number of rotatable bonds is 3. The van der Waals surface area contributed by atoms with E-state index in [0.717, 1.165) is 6.07 Å². The SMILES string of the molecule is Cc1cc(NC(=O)c2cc(C(=O)O)on2)on1. The summed E-state index contributed by atoms with van der Waals surface area (Å²) < 4.78 is 9.19. The number of aryl methyl sites for hydroxylation is 1. The molecule has 0 radical (unpaired) electrons. The molecule has 8 nitrogen and oxygen atoms in total. The highest BCUT2D eigenvalue weighted by atomic mass is 16.5. The number of carbonyl (C=O) groups excluding carboxylic acids is 1. The number of aromatic carboxylic acids is 1. The zero-order valence-corrected chi connectivity index (χ0v) is 8.63. The smallest absolute Gasteiger partial charge is 0.374 e. The van der Waals surface area contributed by atoms with Crippen LogP contribution in [0.1, 0.15) is 26.7 Å². The molecule has 0 aliphatic carbocycles. The molecule has 2 heterocycles. The Morgan fingerprint density at radius 3 is 2.59 bits per heavy atom. The number of aromatic nitrogens is 2. The van der Waals surface area contributed by atoms with Crippen LogP contribution in [0.3, 0.4) is 0 Å². The van der Waals surface area contributed by atoms with Crippen molar-refractivity contribution in [2.24, 2.45) is 0 Å². The molecule has 0 spiro atoms. The van der Waals surface area contributed by atoms with E-state index in [1.54, 1.807) is 6.92 Å². The van der Waals surface area contributed by atoms with Crippen molar-refractivity contribution < 1.29 is 23.7 Å². The lowest BCUT2D eigenvalue weighted by Crippen LogP contribution is -2.11. The second-order valence-electron chi connectivity index (χ2n) is 3.17. The molecular weight excluding hydrogens is 230 g/mol. The van der Waals surface area contributed by atoms with Crippen molar-refractivity contribution >= 4 is 17.8 Å². The zero-order chi connectivity index (χ0) is 12.4. The molecule has 0 bridgehead atoms. The monoisotopic (exact) mass is 237 g/mol. The Morgan fingerprint density at radius 2 is 2.06 bits per heavy atom. The molecule has 0 saturated heterocycles. The third-order valence-corrected chi connectivity index (χ3v) is 1.82. The second kappa shape index (κ2) is 4.08. The van der Waals surface area contributed by atoms with Crippen LogP contribution in [0.2, 0.25) is 0 Å². The molecule has 17 heavy (non-hydrogen) atoms. The zero-order valence-electron chi connectivity index (χ0n) is 8.63. The van der Waals surface area contributed by atoms with Crippen molar-refractivity contribution in [3.05, 3.63) is 29.3 Å². The lowest BCUT2D eigenvalue weighted by atomic mass is 10.3. The summed E-state index contributed by atoms with van der Waals surface area (Å²) in [5, 5.41) is 17.8. The third kappa shape index (κ3) is 2.30. The molecule has 0 atom stereocenters. The van der Waals surface area contributed by atoms with Crippen molar-refractivity contribution in [1.29, 1.82) is 0 Å². The highest BCUT2D eigenvalue weighted by molar-refractivity contribution is 6.03. The molecule has 2 aromatic rings. The van der Waals surface area contributed by atoms with Gasteiger partial charge in [0.25, 0.3) is 5.91 Å². The summed E-state index contributed by atoms with van der Waals surface area (Å²) >= 11 is 0. The van der Waals surface area contributed by atoms with E-state index in [1.165, 1.54) is 6.07 Å². The van der Waals surface area contributed by atoms with Crippen molar-refractivity contribution in [2.75, 3.05) is 5.32 Å².